The van der Waals surface area contributed by atoms with Gasteiger partial charge in [0.25, 0.3) is 0 Å². The summed E-state index contributed by atoms with van der Waals surface area (Å²) < 4.78 is 0. The van der Waals surface area contributed by atoms with Gasteiger partial charge in [-0.05, 0) is 17.7 Å². The van der Waals surface area contributed by atoms with Gasteiger partial charge < -0.3 is 4.90 Å². The van der Waals surface area contributed by atoms with Gasteiger partial charge in [-0.25, -0.2) is 4.98 Å². The normalized spacial score (nSPS) is 9.94. The number of anilines is 1. The standard InChI is InChI=1S/C14H14N2O/c1-16(10-12-6-3-2-4-7-12)14-13(11-17)8-5-9-15-14/h2-9,11H,10H2,1H3. The first kappa shape index (κ1) is 11.3. The van der Waals surface area contributed by atoms with Gasteiger partial charge >= 0.3 is 0 Å². The highest BCUT2D eigenvalue weighted by atomic mass is 16.1. The zero-order chi connectivity index (χ0) is 12.1. The van der Waals surface area contributed by atoms with Crippen LogP contribution < -0.4 is 4.90 Å². The number of carbonyl (C=O) groups excluding carboxylic acids is 1. The first-order chi connectivity index (χ1) is 8.31. The van der Waals surface area contributed by atoms with Crippen molar-refractivity contribution in [1.29, 1.82) is 0 Å². The van der Waals surface area contributed by atoms with Gasteiger partial charge in [-0.3, -0.25) is 4.79 Å². The van der Waals surface area contributed by atoms with Crippen molar-refractivity contribution >= 4 is 12.1 Å². The minimum atomic E-state index is 0.617. The predicted octanol–water partition coefficient (Wildman–Crippen LogP) is 2.53. The molecule has 0 saturated heterocycles. The Morgan fingerprint density at radius 2 is 1.94 bits per heavy atom. The number of benzene rings is 1. The molecule has 0 atom stereocenters. The van der Waals surface area contributed by atoms with E-state index < -0.39 is 0 Å². The number of aldehydes is 1. The van der Waals surface area contributed by atoms with Crippen LogP contribution in [0, 0.1) is 0 Å². The zero-order valence-electron chi connectivity index (χ0n) is 9.71. The SMILES string of the molecule is CN(Cc1ccccc1)c1ncccc1C=O. The first-order valence-electron chi connectivity index (χ1n) is 5.46. The summed E-state index contributed by atoms with van der Waals surface area (Å²) >= 11 is 0. The molecule has 3 nitrogen and oxygen atoms in total. The molecule has 0 amide bonds. The third-order valence-corrected chi connectivity index (χ3v) is 2.57. The van der Waals surface area contributed by atoms with Gasteiger partial charge in [-0.15, -0.1) is 0 Å². The van der Waals surface area contributed by atoms with Crippen LogP contribution in [0.2, 0.25) is 0 Å². The number of hydrogen-bond acceptors (Lipinski definition) is 3. The Morgan fingerprint density at radius 3 is 2.65 bits per heavy atom. The molecule has 0 bridgehead atoms. The maximum Gasteiger partial charge on any atom is 0.153 e. The highest BCUT2D eigenvalue weighted by molar-refractivity contribution is 5.82. The van der Waals surface area contributed by atoms with E-state index in [2.05, 4.69) is 17.1 Å². The van der Waals surface area contributed by atoms with Crippen LogP contribution >= 0.6 is 0 Å². The van der Waals surface area contributed by atoms with E-state index in [0.717, 1.165) is 12.8 Å². The second kappa shape index (κ2) is 5.25. The van der Waals surface area contributed by atoms with Crippen LogP contribution in [-0.2, 0) is 6.54 Å². The fourth-order valence-corrected chi connectivity index (χ4v) is 1.75. The summed E-state index contributed by atoms with van der Waals surface area (Å²) in [6, 6.07) is 13.6. The smallest absolute Gasteiger partial charge is 0.153 e. The molecule has 2 aromatic rings. The Labute approximate surface area is 101 Å². The van der Waals surface area contributed by atoms with E-state index in [1.54, 1.807) is 18.3 Å². The minimum absolute atomic E-state index is 0.617. The lowest BCUT2D eigenvalue weighted by molar-refractivity contribution is 0.112. The van der Waals surface area contributed by atoms with Crippen molar-refractivity contribution in [2.24, 2.45) is 0 Å². The summed E-state index contributed by atoms with van der Waals surface area (Å²) in [6.07, 6.45) is 2.54. The molecular formula is C14H14N2O. The first-order valence-corrected chi connectivity index (χ1v) is 5.46. The fraction of sp³-hybridized carbons (Fsp3) is 0.143. The molecule has 0 fully saturated rings. The number of pyridine rings is 1. The molecule has 0 saturated carbocycles. The number of nitrogens with zero attached hydrogens (tertiary/aromatic N) is 2. The van der Waals surface area contributed by atoms with Crippen molar-refractivity contribution in [3.05, 3.63) is 59.8 Å². The molecule has 2 rings (SSSR count). The Bertz CT molecular complexity index is 497. The third-order valence-electron chi connectivity index (χ3n) is 2.57. The molecule has 0 aliphatic carbocycles. The molecule has 0 aliphatic heterocycles. The summed E-state index contributed by atoms with van der Waals surface area (Å²) in [5.41, 5.74) is 1.81. The van der Waals surface area contributed by atoms with Gasteiger partial charge in [0, 0.05) is 19.8 Å². The van der Waals surface area contributed by atoms with Crippen LogP contribution in [0.15, 0.2) is 48.7 Å². The van der Waals surface area contributed by atoms with Crippen LogP contribution in [0.25, 0.3) is 0 Å². The molecule has 0 aliphatic rings. The number of rotatable bonds is 4. The van der Waals surface area contributed by atoms with Crippen LogP contribution in [0.1, 0.15) is 15.9 Å². The molecule has 1 aromatic carbocycles. The van der Waals surface area contributed by atoms with Gasteiger partial charge in [-0.2, -0.15) is 0 Å². The predicted molar refractivity (Wildman–Crippen MR) is 68.2 cm³/mol. The molecule has 0 spiro atoms. The largest absolute Gasteiger partial charge is 0.355 e. The van der Waals surface area contributed by atoms with E-state index in [-0.39, 0.29) is 0 Å². The summed E-state index contributed by atoms with van der Waals surface area (Å²) in [5.74, 6) is 0.714. The maximum atomic E-state index is 10.9. The maximum absolute atomic E-state index is 10.9. The van der Waals surface area contributed by atoms with E-state index >= 15 is 0 Å². The van der Waals surface area contributed by atoms with Crippen molar-refractivity contribution in [3.63, 3.8) is 0 Å². The van der Waals surface area contributed by atoms with E-state index in [4.69, 9.17) is 0 Å². The molecule has 0 unspecified atom stereocenters. The van der Waals surface area contributed by atoms with Gasteiger partial charge in [0.15, 0.2) is 6.29 Å². The van der Waals surface area contributed by atoms with Crippen molar-refractivity contribution in [2.45, 2.75) is 6.54 Å². The van der Waals surface area contributed by atoms with Gasteiger partial charge in [0.05, 0.1) is 5.56 Å². The number of hydrogen-bond donors (Lipinski definition) is 0. The molecule has 17 heavy (non-hydrogen) atoms. The van der Waals surface area contributed by atoms with Gasteiger partial charge in [0.1, 0.15) is 5.82 Å². The summed E-state index contributed by atoms with van der Waals surface area (Å²) in [5, 5.41) is 0. The summed E-state index contributed by atoms with van der Waals surface area (Å²) in [6.45, 7) is 0.735. The highest BCUT2D eigenvalue weighted by Gasteiger charge is 2.07. The van der Waals surface area contributed by atoms with Crippen molar-refractivity contribution in [1.82, 2.24) is 4.98 Å². The Hall–Kier alpha value is -2.16. The molecule has 3 heteroatoms. The second-order valence-corrected chi connectivity index (χ2v) is 3.88. The molecule has 0 N–H and O–H groups in total. The zero-order valence-corrected chi connectivity index (χ0v) is 9.71. The average Bonchev–Trinajstić information content (AvgIpc) is 2.40. The third kappa shape index (κ3) is 2.69. The lowest BCUT2D eigenvalue weighted by Gasteiger charge is -2.19. The average molecular weight is 226 g/mol. The molecular weight excluding hydrogens is 212 g/mol. The second-order valence-electron chi connectivity index (χ2n) is 3.88. The molecule has 1 heterocycles. The molecule has 0 radical (unpaired) electrons. The van der Waals surface area contributed by atoms with Crippen LogP contribution in [0.4, 0.5) is 5.82 Å². The topological polar surface area (TPSA) is 33.2 Å². The van der Waals surface area contributed by atoms with Gasteiger partial charge in [0.2, 0.25) is 0 Å². The van der Waals surface area contributed by atoms with Crippen molar-refractivity contribution < 1.29 is 4.79 Å². The number of carbonyl (C=O) groups is 1. The van der Waals surface area contributed by atoms with E-state index in [9.17, 15) is 4.79 Å². The minimum Gasteiger partial charge on any atom is -0.355 e. The van der Waals surface area contributed by atoms with Crippen molar-refractivity contribution in [2.75, 3.05) is 11.9 Å². The lowest BCUT2D eigenvalue weighted by atomic mass is 10.2. The van der Waals surface area contributed by atoms with Gasteiger partial charge in [-0.1, -0.05) is 30.3 Å². The Balaban J connectivity index is 2.20. The molecule has 86 valence electrons. The van der Waals surface area contributed by atoms with Crippen LogP contribution in [0.3, 0.4) is 0 Å². The monoisotopic (exact) mass is 226 g/mol. The Morgan fingerprint density at radius 1 is 1.18 bits per heavy atom. The summed E-state index contributed by atoms with van der Waals surface area (Å²) in [4.78, 5) is 17.1. The van der Waals surface area contributed by atoms with Crippen LogP contribution in [0.5, 0.6) is 0 Å². The lowest BCUT2D eigenvalue weighted by Crippen LogP contribution is -2.19. The van der Waals surface area contributed by atoms with E-state index in [0.29, 0.717) is 11.4 Å². The molecule has 1 aromatic heterocycles. The Kier molecular flexibility index (Phi) is 3.50. The van der Waals surface area contributed by atoms with Crippen LogP contribution in [-0.4, -0.2) is 18.3 Å². The van der Waals surface area contributed by atoms with E-state index in [1.165, 1.54) is 5.56 Å². The highest BCUT2D eigenvalue weighted by Crippen LogP contribution is 2.16. The fourth-order valence-electron chi connectivity index (χ4n) is 1.75. The summed E-state index contributed by atoms with van der Waals surface area (Å²) in [7, 11) is 1.93. The quantitative estimate of drug-likeness (QED) is 0.751. The number of aromatic nitrogens is 1. The van der Waals surface area contributed by atoms with Crippen molar-refractivity contribution in [3.8, 4) is 0 Å². The van der Waals surface area contributed by atoms with E-state index in [1.807, 2.05) is 30.1 Å².